The van der Waals surface area contributed by atoms with Crippen molar-refractivity contribution in [2.75, 3.05) is 6.54 Å². The summed E-state index contributed by atoms with van der Waals surface area (Å²) >= 11 is 0. The molecule has 4 N–H and O–H groups in total. The Hall–Kier alpha value is -2.91. The van der Waals surface area contributed by atoms with Crippen molar-refractivity contribution in [2.24, 2.45) is 12.8 Å². The highest BCUT2D eigenvalue weighted by molar-refractivity contribution is 5.95. The smallest absolute Gasteiger partial charge is 0.246 e. The molecule has 3 rings (SSSR count). The molecule has 2 aliphatic rings. The van der Waals surface area contributed by atoms with Gasteiger partial charge in [-0.05, 0) is 19.3 Å². The number of carbonyl (C=O) groups is 4. The molecule has 0 radical (unpaired) electrons. The zero-order valence-electron chi connectivity index (χ0n) is 15.2. The Morgan fingerprint density at radius 2 is 2.19 bits per heavy atom. The number of amides is 4. The lowest BCUT2D eigenvalue weighted by atomic mass is 10.1. The molecule has 2 fully saturated rings. The topological polar surface area (TPSA) is 139 Å². The molecule has 4 amide bonds. The molecule has 3 atom stereocenters. The Bertz CT molecular complexity index is 760. The first-order valence-corrected chi connectivity index (χ1v) is 9.01. The lowest BCUT2D eigenvalue weighted by Gasteiger charge is -2.28. The highest BCUT2D eigenvalue weighted by Gasteiger charge is 2.38. The molecule has 2 saturated heterocycles. The van der Waals surface area contributed by atoms with Crippen LogP contribution >= 0.6 is 0 Å². The van der Waals surface area contributed by atoms with Gasteiger partial charge < -0.3 is 25.8 Å². The predicted octanol–water partition coefficient (Wildman–Crippen LogP) is -1.80. The maximum Gasteiger partial charge on any atom is 0.246 e. The molecule has 3 unspecified atom stereocenters. The average Bonchev–Trinajstić information content (AvgIpc) is 3.35. The molecule has 3 heterocycles. The van der Waals surface area contributed by atoms with Gasteiger partial charge in [-0.2, -0.15) is 0 Å². The molecular formula is C17H24N6O4. The number of carbonyl (C=O) groups excluding carboxylic acids is 4. The van der Waals surface area contributed by atoms with Crippen molar-refractivity contribution in [1.82, 2.24) is 25.1 Å². The van der Waals surface area contributed by atoms with Gasteiger partial charge in [0, 0.05) is 38.3 Å². The molecule has 27 heavy (non-hydrogen) atoms. The second kappa shape index (κ2) is 7.77. The van der Waals surface area contributed by atoms with Crippen LogP contribution in [0, 0.1) is 0 Å². The first-order chi connectivity index (χ1) is 12.9. The number of primary amides is 1. The number of aryl methyl sites for hydroxylation is 1. The van der Waals surface area contributed by atoms with Crippen LogP contribution in [0.2, 0.25) is 0 Å². The summed E-state index contributed by atoms with van der Waals surface area (Å²) < 4.78 is 1.76. The van der Waals surface area contributed by atoms with Gasteiger partial charge in [0.2, 0.25) is 23.6 Å². The summed E-state index contributed by atoms with van der Waals surface area (Å²) in [5, 5.41) is 5.34. The lowest BCUT2D eigenvalue weighted by Crippen LogP contribution is -2.56. The van der Waals surface area contributed by atoms with Crippen LogP contribution < -0.4 is 16.4 Å². The van der Waals surface area contributed by atoms with Gasteiger partial charge in [0.25, 0.3) is 0 Å². The van der Waals surface area contributed by atoms with Gasteiger partial charge in [-0.1, -0.05) is 0 Å². The minimum absolute atomic E-state index is 0.182. The number of nitrogens with zero attached hydrogens (tertiary/aromatic N) is 3. The standard InChI is InChI=1S/C17H24N6O4/c1-22-9-19-8-10(22)7-12(21-16(26)11-4-5-14(24)20-11)17(27)23-6-2-3-13(23)15(18)25/h8-9,11-13H,2-7H2,1H3,(H2,18,25)(H,20,24)(H,21,26). The third kappa shape index (κ3) is 4.09. The van der Waals surface area contributed by atoms with Crippen LogP contribution in [0.15, 0.2) is 12.5 Å². The molecular weight excluding hydrogens is 352 g/mol. The summed E-state index contributed by atoms with van der Waals surface area (Å²) in [5.41, 5.74) is 6.18. The van der Waals surface area contributed by atoms with Crippen LogP contribution in [0.25, 0.3) is 0 Å². The Morgan fingerprint density at radius 1 is 1.41 bits per heavy atom. The van der Waals surface area contributed by atoms with E-state index in [0.29, 0.717) is 25.8 Å². The van der Waals surface area contributed by atoms with E-state index >= 15 is 0 Å². The number of aromatic nitrogens is 2. The fraction of sp³-hybridized carbons (Fsp3) is 0.588. The molecule has 146 valence electrons. The van der Waals surface area contributed by atoms with E-state index in [0.717, 1.165) is 5.69 Å². The molecule has 0 aromatic carbocycles. The minimum Gasteiger partial charge on any atom is -0.368 e. The summed E-state index contributed by atoms with van der Waals surface area (Å²) in [6, 6.07) is -2.18. The van der Waals surface area contributed by atoms with Crippen LogP contribution in [0.5, 0.6) is 0 Å². The zero-order chi connectivity index (χ0) is 19.6. The Kier molecular flexibility index (Phi) is 5.43. The number of hydrogen-bond acceptors (Lipinski definition) is 5. The summed E-state index contributed by atoms with van der Waals surface area (Å²) in [6.45, 7) is 0.421. The third-order valence-corrected chi connectivity index (χ3v) is 5.12. The lowest BCUT2D eigenvalue weighted by molar-refractivity contribution is -0.140. The summed E-state index contributed by atoms with van der Waals surface area (Å²) in [4.78, 5) is 54.1. The predicted molar refractivity (Wildman–Crippen MR) is 93.9 cm³/mol. The summed E-state index contributed by atoms with van der Waals surface area (Å²) in [7, 11) is 1.80. The van der Waals surface area contributed by atoms with Crippen LogP contribution in [0.4, 0.5) is 0 Å². The van der Waals surface area contributed by atoms with Crippen LogP contribution in [0.1, 0.15) is 31.4 Å². The number of nitrogens with one attached hydrogen (secondary N) is 2. The van der Waals surface area contributed by atoms with E-state index in [-0.39, 0.29) is 24.7 Å². The fourth-order valence-corrected chi connectivity index (χ4v) is 3.60. The van der Waals surface area contributed by atoms with Gasteiger partial charge in [0.15, 0.2) is 0 Å². The molecule has 1 aromatic heterocycles. The van der Waals surface area contributed by atoms with Crippen molar-refractivity contribution in [3.8, 4) is 0 Å². The van der Waals surface area contributed by atoms with Crippen LogP contribution in [-0.4, -0.2) is 62.7 Å². The van der Waals surface area contributed by atoms with Crippen molar-refractivity contribution in [3.63, 3.8) is 0 Å². The third-order valence-electron chi connectivity index (χ3n) is 5.12. The van der Waals surface area contributed by atoms with Crippen molar-refractivity contribution < 1.29 is 19.2 Å². The zero-order valence-corrected chi connectivity index (χ0v) is 15.2. The van der Waals surface area contributed by atoms with Crippen LogP contribution in [0.3, 0.4) is 0 Å². The fourth-order valence-electron chi connectivity index (χ4n) is 3.60. The number of rotatable bonds is 6. The number of imidazole rings is 1. The molecule has 0 saturated carbocycles. The van der Waals surface area contributed by atoms with Crippen molar-refractivity contribution in [1.29, 1.82) is 0 Å². The molecule has 2 aliphatic heterocycles. The van der Waals surface area contributed by atoms with E-state index in [1.165, 1.54) is 4.90 Å². The molecule has 10 nitrogen and oxygen atoms in total. The van der Waals surface area contributed by atoms with E-state index < -0.39 is 29.9 Å². The van der Waals surface area contributed by atoms with E-state index in [2.05, 4.69) is 15.6 Å². The van der Waals surface area contributed by atoms with Crippen molar-refractivity contribution >= 4 is 23.6 Å². The Balaban J connectivity index is 1.77. The maximum absolute atomic E-state index is 13.1. The average molecular weight is 376 g/mol. The highest BCUT2D eigenvalue weighted by Crippen LogP contribution is 2.19. The molecule has 10 heteroatoms. The molecule has 0 bridgehead atoms. The molecule has 0 aliphatic carbocycles. The van der Waals surface area contributed by atoms with E-state index in [4.69, 9.17) is 5.73 Å². The highest BCUT2D eigenvalue weighted by atomic mass is 16.2. The van der Waals surface area contributed by atoms with Gasteiger partial charge in [-0.15, -0.1) is 0 Å². The van der Waals surface area contributed by atoms with Gasteiger partial charge in [-0.25, -0.2) is 4.98 Å². The van der Waals surface area contributed by atoms with Crippen LogP contribution in [-0.2, 0) is 32.6 Å². The van der Waals surface area contributed by atoms with Gasteiger partial charge >= 0.3 is 0 Å². The second-order valence-electron chi connectivity index (χ2n) is 7.01. The van der Waals surface area contributed by atoms with Crippen molar-refractivity contribution in [2.45, 2.75) is 50.2 Å². The SMILES string of the molecule is Cn1cncc1CC(NC(=O)C1CCC(=O)N1)C(=O)N1CCCC1C(N)=O. The van der Waals surface area contributed by atoms with E-state index in [9.17, 15) is 19.2 Å². The maximum atomic E-state index is 13.1. The van der Waals surface area contributed by atoms with Gasteiger partial charge in [0.05, 0.1) is 6.33 Å². The number of hydrogen-bond donors (Lipinski definition) is 3. The Labute approximate surface area is 156 Å². The minimum atomic E-state index is -0.870. The molecule has 1 aromatic rings. The second-order valence-corrected chi connectivity index (χ2v) is 7.01. The Morgan fingerprint density at radius 3 is 2.78 bits per heavy atom. The first-order valence-electron chi connectivity index (χ1n) is 9.01. The normalized spacial score (nSPS) is 23.1. The number of nitrogens with two attached hydrogens (primary N) is 1. The van der Waals surface area contributed by atoms with E-state index in [1.807, 2.05) is 0 Å². The van der Waals surface area contributed by atoms with Crippen molar-refractivity contribution in [3.05, 3.63) is 18.2 Å². The van der Waals surface area contributed by atoms with Gasteiger partial charge in [0.1, 0.15) is 18.1 Å². The quantitative estimate of drug-likeness (QED) is 0.538. The summed E-state index contributed by atoms with van der Waals surface area (Å²) in [5.74, 6) is -1.49. The monoisotopic (exact) mass is 376 g/mol. The molecule has 0 spiro atoms. The van der Waals surface area contributed by atoms with E-state index in [1.54, 1.807) is 24.1 Å². The first kappa shape index (κ1) is 18.9. The largest absolute Gasteiger partial charge is 0.368 e. The summed E-state index contributed by atoms with van der Waals surface area (Å²) in [6.07, 6.45) is 5.34. The number of likely N-dealkylation sites (tertiary alicyclic amines) is 1. The van der Waals surface area contributed by atoms with Gasteiger partial charge in [-0.3, -0.25) is 19.2 Å².